The van der Waals surface area contributed by atoms with E-state index in [0.717, 1.165) is 11.0 Å². The van der Waals surface area contributed by atoms with E-state index < -0.39 is 0 Å². The first kappa shape index (κ1) is 12.5. The van der Waals surface area contributed by atoms with Crippen LogP contribution in [0.4, 0.5) is 0 Å². The number of hydrogen-bond donors (Lipinski definition) is 1. The van der Waals surface area contributed by atoms with Crippen molar-refractivity contribution in [2.75, 3.05) is 0 Å². The summed E-state index contributed by atoms with van der Waals surface area (Å²) >= 11 is 1.90. The number of nitrogens with zero attached hydrogens (tertiary/aromatic N) is 2. The Balaban J connectivity index is 1.67. The highest BCUT2D eigenvalue weighted by atomic mass is 32.2. The molecule has 2 aromatic rings. The van der Waals surface area contributed by atoms with Gasteiger partial charge in [-0.1, -0.05) is 30.1 Å². The Hall–Kier alpha value is -1.49. The molecule has 0 radical (unpaired) electrons. The molecular weight excluding hydrogens is 260 g/mol. The lowest BCUT2D eigenvalue weighted by Gasteiger charge is -2.04. The summed E-state index contributed by atoms with van der Waals surface area (Å²) in [6, 6.07) is 7.00. The summed E-state index contributed by atoms with van der Waals surface area (Å²) in [6.07, 6.45) is 5.28. The van der Waals surface area contributed by atoms with Gasteiger partial charge in [0.1, 0.15) is 5.75 Å². The quantitative estimate of drug-likeness (QED) is 0.924. The van der Waals surface area contributed by atoms with Gasteiger partial charge in [0, 0.05) is 5.25 Å². The molecule has 0 aliphatic heterocycles. The van der Waals surface area contributed by atoms with Gasteiger partial charge in [-0.25, -0.2) is 0 Å². The Labute approximate surface area is 116 Å². The highest BCUT2D eigenvalue weighted by Crippen LogP contribution is 2.32. The fraction of sp³-hybridized carbons (Fsp3) is 0.429. The minimum Gasteiger partial charge on any atom is -0.507 e. The Kier molecular flexibility index (Phi) is 3.73. The van der Waals surface area contributed by atoms with Crippen LogP contribution in [0.5, 0.6) is 5.75 Å². The average molecular weight is 276 g/mol. The molecule has 100 valence electrons. The SMILES string of the molecule is Oc1ccccc1-c1nc(CSC2CCCC2)no1. The van der Waals surface area contributed by atoms with Crippen LogP contribution in [0.15, 0.2) is 28.8 Å². The second-order valence-corrected chi connectivity index (χ2v) is 6.04. The molecule has 1 aromatic carbocycles. The number of para-hydroxylation sites is 1. The lowest BCUT2D eigenvalue weighted by atomic mass is 10.2. The minimum atomic E-state index is 0.168. The molecule has 1 aromatic heterocycles. The molecule has 3 rings (SSSR count). The number of phenolic OH excluding ortho intramolecular Hbond substituents is 1. The van der Waals surface area contributed by atoms with Crippen molar-refractivity contribution in [1.82, 2.24) is 10.1 Å². The van der Waals surface area contributed by atoms with E-state index in [1.165, 1.54) is 25.7 Å². The molecule has 1 N–H and O–H groups in total. The van der Waals surface area contributed by atoms with Gasteiger partial charge in [0.15, 0.2) is 5.82 Å². The highest BCUT2D eigenvalue weighted by Gasteiger charge is 2.17. The van der Waals surface area contributed by atoms with Crippen molar-refractivity contribution in [3.8, 4) is 17.2 Å². The van der Waals surface area contributed by atoms with Crippen molar-refractivity contribution in [3.05, 3.63) is 30.1 Å². The van der Waals surface area contributed by atoms with Gasteiger partial charge in [-0.05, 0) is 25.0 Å². The first-order chi connectivity index (χ1) is 9.33. The van der Waals surface area contributed by atoms with Crippen molar-refractivity contribution in [3.63, 3.8) is 0 Å². The average Bonchev–Trinajstić information content (AvgIpc) is 3.08. The second-order valence-electron chi connectivity index (χ2n) is 4.75. The molecule has 0 spiro atoms. The van der Waals surface area contributed by atoms with Crippen molar-refractivity contribution in [2.24, 2.45) is 0 Å². The number of thioether (sulfide) groups is 1. The largest absolute Gasteiger partial charge is 0.507 e. The summed E-state index contributed by atoms with van der Waals surface area (Å²) in [7, 11) is 0. The molecule has 1 fully saturated rings. The third-order valence-electron chi connectivity index (χ3n) is 3.35. The van der Waals surface area contributed by atoms with E-state index in [9.17, 15) is 5.11 Å². The van der Waals surface area contributed by atoms with E-state index in [1.54, 1.807) is 18.2 Å². The topological polar surface area (TPSA) is 59.2 Å². The maximum absolute atomic E-state index is 9.74. The Bertz CT molecular complexity index is 550. The van der Waals surface area contributed by atoms with Crippen molar-refractivity contribution >= 4 is 11.8 Å². The van der Waals surface area contributed by atoms with Crippen molar-refractivity contribution < 1.29 is 9.63 Å². The minimum absolute atomic E-state index is 0.168. The molecule has 1 aliphatic rings. The van der Waals surface area contributed by atoms with Gasteiger partial charge in [0.25, 0.3) is 5.89 Å². The molecular formula is C14H16N2O2S. The van der Waals surface area contributed by atoms with E-state index in [0.29, 0.717) is 17.3 Å². The molecule has 19 heavy (non-hydrogen) atoms. The van der Waals surface area contributed by atoms with Crippen LogP contribution in [-0.2, 0) is 5.75 Å². The van der Waals surface area contributed by atoms with Gasteiger partial charge >= 0.3 is 0 Å². The molecule has 0 atom stereocenters. The molecule has 0 unspecified atom stereocenters. The van der Waals surface area contributed by atoms with Crippen LogP contribution in [0, 0.1) is 0 Å². The fourth-order valence-electron chi connectivity index (χ4n) is 2.32. The number of hydrogen-bond acceptors (Lipinski definition) is 5. The number of rotatable bonds is 4. The number of phenols is 1. The standard InChI is InChI=1S/C14H16N2O2S/c17-12-8-4-3-7-11(12)14-15-13(16-18-14)9-19-10-5-1-2-6-10/h3-4,7-8,10,17H,1-2,5-6,9H2. The summed E-state index contributed by atoms with van der Waals surface area (Å²) in [5.41, 5.74) is 0.590. The number of aromatic hydroxyl groups is 1. The maximum atomic E-state index is 9.74. The maximum Gasteiger partial charge on any atom is 0.261 e. The first-order valence-electron chi connectivity index (χ1n) is 6.55. The van der Waals surface area contributed by atoms with Crippen LogP contribution in [0.25, 0.3) is 11.5 Å². The monoisotopic (exact) mass is 276 g/mol. The third kappa shape index (κ3) is 2.92. The van der Waals surface area contributed by atoms with Gasteiger partial charge in [0.05, 0.1) is 11.3 Å². The van der Waals surface area contributed by atoms with Crippen molar-refractivity contribution in [1.29, 1.82) is 0 Å². The Morgan fingerprint density at radius 3 is 2.84 bits per heavy atom. The molecule has 0 amide bonds. The van der Waals surface area contributed by atoms with Gasteiger partial charge in [-0.3, -0.25) is 0 Å². The molecule has 5 heteroatoms. The smallest absolute Gasteiger partial charge is 0.261 e. The van der Waals surface area contributed by atoms with Gasteiger partial charge in [0.2, 0.25) is 0 Å². The van der Waals surface area contributed by atoms with E-state index in [1.807, 2.05) is 17.8 Å². The Morgan fingerprint density at radius 1 is 1.26 bits per heavy atom. The number of aromatic nitrogens is 2. The lowest BCUT2D eigenvalue weighted by Crippen LogP contribution is -1.95. The van der Waals surface area contributed by atoms with Crippen LogP contribution in [0.3, 0.4) is 0 Å². The van der Waals surface area contributed by atoms with E-state index >= 15 is 0 Å². The van der Waals surface area contributed by atoms with Crippen LogP contribution in [0.2, 0.25) is 0 Å². The molecule has 0 bridgehead atoms. The molecule has 0 saturated heterocycles. The summed E-state index contributed by atoms with van der Waals surface area (Å²) < 4.78 is 5.21. The Morgan fingerprint density at radius 2 is 2.05 bits per heavy atom. The van der Waals surface area contributed by atoms with E-state index in [4.69, 9.17) is 4.52 Å². The summed E-state index contributed by atoms with van der Waals surface area (Å²) in [5.74, 6) is 2.04. The normalized spacial score (nSPS) is 16.0. The summed E-state index contributed by atoms with van der Waals surface area (Å²) in [6.45, 7) is 0. The molecule has 1 aliphatic carbocycles. The van der Waals surface area contributed by atoms with Gasteiger partial charge in [-0.2, -0.15) is 16.7 Å². The van der Waals surface area contributed by atoms with Gasteiger partial charge in [-0.15, -0.1) is 0 Å². The molecule has 1 heterocycles. The second kappa shape index (κ2) is 5.65. The van der Waals surface area contributed by atoms with Gasteiger partial charge < -0.3 is 9.63 Å². The van der Waals surface area contributed by atoms with Crippen molar-refractivity contribution in [2.45, 2.75) is 36.7 Å². The third-order valence-corrected chi connectivity index (χ3v) is 4.72. The van der Waals surface area contributed by atoms with Crippen LogP contribution < -0.4 is 0 Å². The zero-order valence-electron chi connectivity index (χ0n) is 10.6. The van der Waals surface area contributed by atoms with Crippen LogP contribution >= 0.6 is 11.8 Å². The van der Waals surface area contributed by atoms with E-state index in [-0.39, 0.29) is 5.75 Å². The van der Waals surface area contributed by atoms with Crippen LogP contribution in [-0.4, -0.2) is 20.5 Å². The number of benzene rings is 1. The summed E-state index contributed by atoms with van der Waals surface area (Å²) in [4.78, 5) is 4.34. The zero-order chi connectivity index (χ0) is 13.1. The molecule has 1 saturated carbocycles. The predicted molar refractivity (Wildman–Crippen MR) is 74.9 cm³/mol. The predicted octanol–water partition coefficient (Wildman–Crippen LogP) is 3.62. The first-order valence-corrected chi connectivity index (χ1v) is 7.60. The fourth-order valence-corrected chi connectivity index (χ4v) is 3.49. The lowest BCUT2D eigenvalue weighted by molar-refractivity contribution is 0.419. The van der Waals surface area contributed by atoms with E-state index in [2.05, 4.69) is 10.1 Å². The zero-order valence-corrected chi connectivity index (χ0v) is 11.4. The van der Waals surface area contributed by atoms with Crippen LogP contribution in [0.1, 0.15) is 31.5 Å². The highest BCUT2D eigenvalue weighted by molar-refractivity contribution is 7.99. The summed E-state index contributed by atoms with van der Waals surface area (Å²) in [5, 5.41) is 14.5. The molecule has 4 nitrogen and oxygen atoms in total.